The molecule has 64 valence electrons. The van der Waals surface area contributed by atoms with Crippen LogP contribution in [-0.2, 0) is 4.74 Å². The third-order valence-corrected chi connectivity index (χ3v) is 3.03. The lowest BCUT2D eigenvalue weighted by molar-refractivity contribution is 0.0147. The largest absolute Gasteiger partial charge is 0.372 e. The van der Waals surface area contributed by atoms with Crippen molar-refractivity contribution in [3.05, 3.63) is 0 Å². The van der Waals surface area contributed by atoms with Crippen LogP contribution in [0.5, 0.6) is 0 Å². The standard InChI is InChI=1S/C8H15NOS/c1-9-3-2-8(6-9)4-7(11)5-10-8/h7,11H,2-6H2,1H3. The smallest absolute Gasteiger partial charge is 0.0832 e. The minimum atomic E-state index is 0.182. The lowest BCUT2D eigenvalue weighted by Gasteiger charge is -2.21. The molecule has 0 aliphatic carbocycles. The Bertz CT molecular complexity index is 144. The fraction of sp³-hybridized carbons (Fsp3) is 1.00. The van der Waals surface area contributed by atoms with Gasteiger partial charge < -0.3 is 9.64 Å². The first-order chi connectivity index (χ1) is 5.20. The van der Waals surface area contributed by atoms with Crippen molar-refractivity contribution in [3.8, 4) is 0 Å². The van der Waals surface area contributed by atoms with E-state index in [1.807, 2.05) is 0 Å². The predicted octanol–water partition coefficient (Wildman–Crippen LogP) is 0.779. The molecule has 2 unspecified atom stereocenters. The van der Waals surface area contributed by atoms with Crippen LogP contribution in [0.15, 0.2) is 0 Å². The molecule has 2 heterocycles. The van der Waals surface area contributed by atoms with Gasteiger partial charge >= 0.3 is 0 Å². The van der Waals surface area contributed by atoms with Gasteiger partial charge in [0.2, 0.25) is 0 Å². The van der Waals surface area contributed by atoms with Gasteiger partial charge in [-0.05, 0) is 19.9 Å². The summed E-state index contributed by atoms with van der Waals surface area (Å²) in [6, 6.07) is 0. The number of hydrogen-bond donors (Lipinski definition) is 1. The third-order valence-electron chi connectivity index (χ3n) is 2.70. The van der Waals surface area contributed by atoms with E-state index in [1.54, 1.807) is 0 Å². The molecule has 2 aliphatic rings. The van der Waals surface area contributed by atoms with Crippen molar-refractivity contribution in [2.24, 2.45) is 0 Å². The summed E-state index contributed by atoms with van der Waals surface area (Å²) >= 11 is 4.43. The van der Waals surface area contributed by atoms with Gasteiger partial charge in [0, 0.05) is 18.3 Å². The normalized spacial score (nSPS) is 45.8. The number of thiol groups is 1. The van der Waals surface area contributed by atoms with Gasteiger partial charge in [0.15, 0.2) is 0 Å². The molecule has 0 saturated carbocycles. The molecule has 11 heavy (non-hydrogen) atoms. The number of ether oxygens (including phenoxy) is 1. The lowest BCUT2D eigenvalue weighted by atomic mass is 9.99. The molecule has 0 aromatic heterocycles. The monoisotopic (exact) mass is 173 g/mol. The van der Waals surface area contributed by atoms with Crippen molar-refractivity contribution in [2.45, 2.75) is 23.7 Å². The number of hydrogen-bond acceptors (Lipinski definition) is 3. The van der Waals surface area contributed by atoms with Gasteiger partial charge in [0.25, 0.3) is 0 Å². The highest BCUT2D eigenvalue weighted by atomic mass is 32.1. The van der Waals surface area contributed by atoms with Crippen molar-refractivity contribution in [2.75, 3.05) is 26.7 Å². The van der Waals surface area contributed by atoms with Crippen LogP contribution in [0.25, 0.3) is 0 Å². The molecule has 2 saturated heterocycles. The molecule has 0 radical (unpaired) electrons. The molecule has 2 atom stereocenters. The van der Waals surface area contributed by atoms with E-state index >= 15 is 0 Å². The fourth-order valence-electron chi connectivity index (χ4n) is 2.15. The van der Waals surface area contributed by atoms with Crippen LogP contribution in [0.1, 0.15) is 12.8 Å². The van der Waals surface area contributed by atoms with Crippen LogP contribution in [0.4, 0.5) is 0 Å². The summed E-state index contributed by atoms with van der Waals surface area (Å²) in [6.45, 7) is 3.13. The molecular weight excluding hydrogens is 158 g/mol. The number of nitrogens with zero attached hydrogens (tertiary/aromatic N) is 1. The van der Waals surface area contributed by atoms with Gasteiger partial charge in [-0.15, -0.1) is 0 Å². The third kappa shape index (κ3) is 1.42. The second-order valence-electron chi connectivity index (χ2n) is 3.84. The van der Waals surface area contributed by atoms with Crippen LogP contribution >= 0.6 is 12.6 Å². The van der Waals surface area contributed by atoms with Crippen LogP contribution in [0.2, 0.25) is 0 Å². The molecule has 1 spiro atoms. The van der Waals surface area contributed by atoms with E-state index in [0.29, 0.717) is 5.25 Å². The first kappa shape index (κ1) is 7.90. The first-order valence-electron chi connectivity index (χ1n) is 4.21. The van der Waals surface area contributed by atoms with Crippen LogP contribution in [0, 0.1) is 0 Å². The van der Waals surface area contributed by atoms with E-state index in [-0.39, 0.29) is 5.60 Å². The molecule has 2 nitrogen and oxygen atoms in total. The van der Waals surface area contributed by atoms with Crippen molar-refractivity contribution < 1.29 is 4.74 Å². The molecule has 0 amide bonds. The Morgan fingerprint density at radius 2 is 2.45 bits per heavy atom. The van der Waals surface area contributed by atoms with Crippen LogP contribution in [0.3, 0.4) is 0 Å². The minimum absolute atomic E-state index is 0.182. The summed E-state index contributed by atoms with van der Waals surface area (Å²) in [5.74, 6) is 0. The van der Waals surface area contributed by atoms with Gasteiger partial charge in [-0.3, -0.25) is 0 Å². The second kappa shape index (κ2) is 2.64. The van der Waals surface area contributed by atoms with Gasteiger partial charge in [0.05, 0.1) is 12.2 Å². The van der Waals surface area contributed by atoms with E-state index in [1.165, 1.54) is 13.0 Å². The average Bonchev–Trinajstić information content (AvgIpc) is 2.44. The maximum atomic E-state index is 5.77. The Hall–Kier alpha value is 0.270. The van der Waals surface area contributed by atoms with E-state index in [9.17, 15) is 0 Å². The molecule has 3 heteroatoms. The highest BCUT2D eigenvalue weighted by molar-refractivity contribution is 7.81. The molecule has 0 N–H and O–H groups in total. The van der Waals surface area contributed by atoms with E-state index in [4.69, 9.17) is 4.74 Å². The van der Waals surface area contributed by atoms with E-state index in [2.05, 4.69) is 24.6 Å². The van der Waals surface area contributed by atoms with Gasteiger partial charge in [-0.1, -0.05) is 0 Å². The summed E-state index contributed by atoms with van der Waals surface area (Å²) in [6.07, 6.45) is 2.33. The topological polar surface area (TPSA) is 12.5 Å². The minimum Gasteiger partial charge on any atom is -0.372 e. The molecular formula is C8H15NOS. The zero-order chi connectivity index (χ0) is 7.90. The average molecular weight is 173 g/mol. The van der Waals surface area contributed by atoms with Crippen molar-refractivity contribution in [3.63, 3.8) is 0 Å². The van der Waals surface area contributed by atoms with Crippen LogP contribution < -0.4 is 0 Å². The summed E-state index contributed by atoms with van der Waals surface area (Å²) in [5.41, 5.74) is 0.182. The van der Waals surface area contributed by atoms with Gasteiger partial charge in [-0.25, -0.2) is 0 Å². The molecule has 0 aromatic carbocycles. The zero-order valence-corrected chi connectivity index (χ0v) is 7.81. The van der Waals surface area contributed by atoms with E-state index < -0.39 is 0 Å². The SMILES string of the molecule is CN1CCC2(CC(S)CO2)C1. The summed E-state index contributed by atoms with van der Waals surface area (Å²) in [7, 11) is 2.16. The first-order valence-corrected chi connectivity index (χ1v) is 4.72. The van der Waals surface area contributed by atoms with Crippen molar-refractivity contribution in [1.82, 2.24) is 4.90 Å². The number of likely N-dealkylation sites (N-methyl/N-ethyl adjacent to an activating group) is 1. The van der Waals surface area contributed by atoms with Gasteiger partial charge in [-0.2, -0.15) is 12.6 Å². The Morgan fingerprint density at radius 1 is 1.64 bits per heavy atom. The summed E-state index contributed by atoms with van der Waals surface area (Å²) < 4.78 is 5.77. The van der Waals surface area contributed by atoms with Gasteiger partial charge in [0.1, 0.15) is 0 Å². The fourth-order valence-corrected chi connectivity index (χ4v) is 2.56. The molecule has 0 aromatic rings. The number of rotatable bonds is 0. The maximum Gasteiger partial charge on any atom is 0.0832 e. The maximum absolute atomic E-state index is 5.77. The molecule has 2 rings (SSSR count). The highest BCUT2D eigenvalue weighted by Crippen LogP contribution is 2.36. The lowest BCUT2D eigenvalue weighted by Crippen LogP contribution is -2.31. The Labute approximate surface area is 73.3 Å². The predicted molar refractivity (Wildman–Crippen MR) is 48.2 cm³/mol. The highest BCUT2D eigenvalue weighted by Gasteiger charge is 2.43. The second-order valence-corrected chi connectivity index (χ2v) is 4.57. The Balaban J connectivity index is 2.02. The number of likely N-dealkylation sites (tertiary alicyclic amines) is 1. The Kier molecular flexibility index (Phi) is 1.90. The summed E-state index contributed by atoms with van der Waals surface area (Å²) in [5, 5.41) is 0.474. The molecule has 0 bridgehead atoms. The van der Waals surface area contributed by atoms with Crippen molar-refractivity contribution >= 4 is 12.6 Å². The van der Waals surface area contributed by atoms with Crippen molar-refractivity contribution in [1.29, 1.82) is 0 Å². The summed E-state index contributed by atoms with van der Waals surface area (Å²) in [4.78, 5) is 2.34. The zero-order valence-electron chi connectivity index (χ0n) is 6.92. The van der Waals surface area contributed by atoms with E-state index in [0.717, 1.165) is 19.6 Å². The quantitative estimate of drug-likeness (QED) is 0.543. The molecule has 2 aliphatic heterocycles. The van der Waals surface area contributed by atoms with Crippen LogP contribution in [-0.4, -0.2) is 42.5 Å². The Morgan fingerprint density at radius 3 is 2.91 bits per heavy atom. The molecule has 2 fully saturated rings.